The van der Waals surface area contributed by atoms with Crippen LogP contribution >= 0.6 is 0 Å². The Morgan fingerprint density at radius 2 is 0.584 bits per heavy atom. The van der Waals surface area contributed by atoms with Gasteiger partial charge in [-0.25, -0.2) is 0 Å². The molecule has 61 nitrogen and oxygen atoms in total. The zero-order valence-corrected chi connectivity index (χ0v) is 82.5. The summed E-state index contributed by atoms with van der Waals surface area (Å²) >= 11 is 0. The first-order valence-corrected chi connectivity index (χ1v) is 49.4. The molecular weight excluding hydrogens is 2030 g/mol. The maximum atomic E-state index is 13.5. The number of aliphatic hydroxyl groups is 32. The second kappa shape index (κ2) is 54.4. The standard InChI is InChI=1S/C88H151N3O58/c1-23(2)70-46(89-28(7)99)58(115)76(43(132-70)22-129-83-66(123)61(118)50(107)27(6)131-83)143-81-47(90-29(8)100)59(116)75(39(18-98)136-81)146-86-69(126)77(147-88-79(65(122)54(111)36(15-95)134-88)148-80-26(5)49(106)73(37(16-96)135-80)144-84-67(124)62(119)55(112)40(138-84)19-127-44-10-31(102)24(3)71(141-44)51(108)33(104)12-92)57(114)42(140-86)21-130-87-78(64(121)53(110)35(14-94)133-87)149-82-48(91-30(9)101)60(117)74(38(17-97)137-82)145-85-68(125)63(120)56(113)41(139-85)20-128-45-11-32(103)25(4)72(142-45)52(109)34(105)13-93/h23-27,31-88,92-98,102-126H,10-22H2,1-9H3,(H,89,99)(H,90,100)(H,91,101)/t24-,25-,26?,27?,31?,32?,33?,34?,35?,36?,37?,38?,39?,40?,41?,42?,43?,44+,45+,46?,47?,48?,49-,50-,51?,52?,53-,54-,55+,56+,57-,58-,59-,60-,61?,62+,63+,64+,65+,66+,67?,68?,69?,70+,71?,72?,73-,74+,75-,76-,77+,78?,79?,80+,81+,82+,83-,84+,85+,86+,87+,88-/m1/s1. The monoisotopic (exact) mass is 2180 g/mol. The highest BCUT2D eigenvalue weighted by Gasteiger charge is 2.63. The third kappa shape index (κ3) is 28.1. The van der Waals surface area contributed by atoms with Crippen molar-refractivity contribution in [1.82, 2.24) is 16.0 Å². The molecule has 12 fully saturated rings. The van der Waals surface area contributed by atoms with Gasteiger partial charge in [0.15, 0.2) is 69.2 Å². The van der Waals surface area contributed by atoms with Crippen LogP contribution in [0.2, 0.25) is 0 Å². The fraction of sp³-hybridized carbons (Fsp3) is 0.966. The molecule has 0 aliphatic carbocycles. The van der Waals surface area contributed by atoms with E-state index in [2.05, 4.69) is 16.0 Å². The Morgan fingerprint density at radius 1 is 0.268 bits per heavy atom. The molecule has 12 saturated heterocycles. The lowest BCUT2D eigenvalue weighted by molar-refractivity contribution is -0.401. The molecule has 12 aliphatic rings. The van der Waals surface area contributed by atoms with E-state index in [1.807, 2.05) is 0 Å². The maximum absolute atomic E-state index is 13.5. The van der Waals surface area contributed by atoms with Crippen molar-refractivity contribution in [2.24, 2.45) is 23.7 Å². The van der Waals surface area contributed by atoms with Gasteiger partial charge in [-0.2, -0.15) is 0 Å². The zero-order valence-electron chi connectivity index (χ0n) is 82.5. The largest absolute Gasteiger partial charge is 0.394 e. The van der Waals surface area contributed by atoms with Crippen molar-refractivity contribution in [3.05, 3.63) is 0 Å². The van der Waals surface area contributed by atoms with Crippen molar-refractivity contribution >= 4 is 17.7 Å². The summed E-state index contributed by atoms with van der Waals surface area (Å²) in [5, 5.41) is 368. The average Bonchev–Trinajstić information content (AvgIpc) is 0.749. The minimum absolute atomic E-state index is 0.253. The fourth-order valence-corrected chi connectivity index (χ4v) is 20.2. The van der Waals surface area contributed by atoms with Crippen LogP contribution in [0, 0.1) is 23.7 Å². The van der Waals surface area contributed by atoms with E-state index < -0.39 is 476 Å². The molecule has 0 aromatic carbocycles. The average molecular weight is 2180 g/mol. The zero-order chi connectivity index (χ0) is 110. The molecule has 62 atom stereocenters. The highest BCUT2D eigenvalue weighted by molar-refractivity contribution is 5.74. The van der Waals surface area contributed by atoms with Gasteiger partial charge in [-0.15, -0.1) is 0 Å². The van der Waals surface area contributed by atoms with Gasteiger partial charge in [-0.3, -0.25) is 14.4 Å². The highest BCUT2D eigenvalue weighted by Crippen LogP contribution is 2.44. The molecule has 0 aromatic rings. The number of aliphatic hydroxyl groups excluding tert-OH is 32. The van der Waals surface area contributed by atoms with Crippen molar-refractivity contribution in [2.75, 3.05) is 72.7 Å². The molecule has 0 spiro atoms. The lowest BCUT2D eigenvalue weighted by atomic mass is 9.87. The van der Waals surface area contributed by atoms with Crippen molar-refractivity contribution in [3.8, 4) is 0 Å². The predicted molar refractivity (Wildman–Crippen MR) is 472 cm³/mol. The van der Waals surface area contributed by atoms with Gasteiger partial charge in [0.1, 0.15) is 244 Å². The van der Waals surface area contributed by atoms with E-state index in [1.54, 1.807) is 13.8 Å². The topological polar surface area (TPSA) is 947 Å². The summed E-state index contributed by atoms with van der Waals surface area (Å²) in [4.78, 5) is 39.6. The summed E-state index contributed by atoms with van der Waals surface area (Å²) in [5.41, 5.74) is 0. The van der Waals surface area contributed by atoms with Crippen LogP contribution in [-0.2, 0) is 123 Å². The van der Waals surface area contributed by atoms with E-state index in [0.717, 1.165) is 20.8 Å². The smallest absolute Gasteiger partial charge is 0.217 e. The van der Waals surface area contributed by atoms with E-state index in [9.17, 15) is 178 Å². The minimum Gasteiger partial charge on any atom is -0.394 e. The molecule has 0 radical (unpaired) electrons. The van der Waals surface area contributed by atoms with Crippen LogP contribution in [0.3, 0.4) is 0 Å². The lowest BCUT2D eigenvalue weighted by Gasteiger charge is -2.51. The van der Waals surface area contributed by atoms with Gasteiger partial charge < -0.3 is 288 Å². The van der Waals surface area contributed by atoms with Gasteiger partial charge in [0.25, 0.3) is 0 Å². The third-order valence-electron chi connectivity index (χ3n) is 29.2. The summed E-state index contributed by atoms with van der Waals surface area (Å²) in [5.74, 6) is -6.35. The molecule has 3 amide bonds. The molecule has 0 bridgehead atoms. The molecule has 0 saturated carbocycles. The number of nitrogens with one attached hydrogen (secondary N) is 3. The normalized spacial score (nSPS) is 49.1. The van der Waals surface area contributed by atoms with Crippen LogP contribution in [0.5, 0.6) is 0 Å². The Labute approximate surface area is 851 Å². The van der Waals surface area contributed by atoms with Gasteiger partial charge in [-0.05, 0) is 12.8 Å². The number of carbonyl (C=O) groups excluding carboxylic acids is 3. The predicted octanol–water partition coefficient (Wildman–Crippen LogP) is -20.7. The molecular formula is C88H151N3O58. The van der Waals surface area contributed by atoms with Gasteiger partial charge in [-0.1, -0.05) is 34.6 Å². The van der Waals surface area contributed by atoms with Gasteiger partial charge >= 0.3 is 0 Å². The molecule has 866 valence electrons. The van der Waals surface area contributed by atoms with Crippen molar-refractivity contribution in [3.63, 3.8) is 0 Å². The number of hydrogen-bond acceptors (Lipinski definition) is 58. The van der Waals surface area contributed by atoms with Crippen LogP contribution < -0.4 is 16.0 Å². The van der Waals surface area contributed by atoms with Crippen LogP contribution in [0.25, 0.3) is 0 Å². The Morgan fingerprint density at radius 3 is 1.01 bits per heavy atom. The Balaban J connectivity index is 0.828. The minimum atomic E-state index is -2.61. The first-order valence-electron chi connectivity index (χ1n) is 49.4. The summed E-state index contributed by atoms with van der Waals surface area (Å²) in [6.45, 7) is 0.711. The molecule has 35 N–H and O–H groups in total. The fourth-order valence-electron chi connectivity index (χ4n) is 20.2. The summed E-state index contributed by atoms with van der Waals surface area (Å²) in [6.07, 6.45) is -109. The molecule has 12 rings (SSSR count). The maximum Gasteiger partial charge on any atom is 0.217 e. The van der Waals surface area contributed by atoms with Gasteiger partial charge in [0.05, 0.1) is 121 Å². The third-order valence-corrected chi connectivity index (χ3v) is 29.2. The number of carbonyl (C=O) groups is 3. The van der Waals surface area contributed by atoms with E-state index in [1.165, 1.54) is 27.7 Å². The Kier molecular flexibility index (Phi) is 45.2. The SMILES string of the molecule is CC(=O)NC1[C@H](O[C@@H]2C(CO[C@@H]3OC(C)[C@@H](O)C(O)[C@@H]3O)O[C@@H](C(C)C)C(NC(C)=O)[C@H]2O)OC(CO)[C@@H](O[C@@H]2OC(CO[C@H]3OC(CO)[C@@H](O)[C@H](O)C3O[C@@H]3OC(CO)[C@H](O[C@@H]4OC(CO[C@@H]5CC(O)[C@@H](C)C(C(O)C(O)CO)O5)[C@H](O)[C@H](O)C4O)[C@H](O)C3NC(C)=O)[C@@H](O)[C@H](O[C@H]3OC(CO)[C@@H](O)[C@H](O)C3O[C@@H]3OC(CO)[C@@H](O[C@@H]4OC(CO[C@@H]5CC(O)[C@@H](C)C(C(O)C(O)CO)O5)[C@H](O)[C@H](O)C4O)[C@H](O)C3C)C2O)[C@@H]1O. The summed E-state index contributed by atoms with van der Waals surface area (Å²) in [7, 11) is 0. The molecule has 12 heterocycles. The number of hydrogen-bond donors (Lipinski definition) is 35. The van der Waals surface area contributed by atoms with Crippen LogP contribution in [0.15, 0.2) is 0 Å². The van der Waals surface area contributed by atoms with Crippen molar-refractivity contribution in [2.45, 2.75) is 437 Å². The van der Waals surface area contributed by atoms with E-state index >= 15 is 0 Å². The molecule has 149 heavy (non-hydrogen) atoms. The van der Waals surface area contributed by atoms with Crippen LogP contribution in [0.4, 0.5) is 0 Å². The summed E-state index contributed by atoms with van der Waals surface area (Å²) in [6, 6.07) is -5.34. The van der Waals surface area contributed by atoms with E-state index in [0.29, 0.717) is 0 Å². The van der Waals surface area contributed by atoms with E-state index in [-0.39, 0.29) is 12.8 Å². The Bertz CT molecular complexity index is 4050. The van der Waals surface area contributed by atoms with Gasteiger partial charge in [0.2, 0.25) is 17.7 Å². The van der Waals surface area contributed by atoms with Crippen molar-refractivity contribution in [1.29, 1.82) is 0 Å². The number of rotatable bonds is 41. The highest BCUT2D eigenvalue weighted by atomic mass is 16.8. The molecule has 12 aliphatic heterocycles. The number of amides is 3. The summed E-state index contributed by atoms with van der Waals surface area (Å²) < 4.78 is 140. The number of ether oxygens (including phenoxy) is 23. The lowest BCUT2D eigenvalue weighted by Crippen LogP contribution is -2.71. The molecule has 0 aromatic heterocycles. The molecule has 61 heteroatoms. The van der Waals surface area contributed by atoms with E-state index in [4.69, 9.17) is 109 Å². The Hall–Kier alpha value is -3.79. The van der Waals surface area contributed by atoms with Crippen LogP contribution in [0.1, 0.15) is 75.2 Å². The molecule has 28 unspecified atom stereocenters. The first kappa shape index (κ1) is 124. The quantitative estimate of drug-likeness (QED) is 0.0270. The van der Waals surface area contributed by atoms with Crippen LogP contribution in [-0.4, -0.2) is 616 Å². The van der Waals surface area contributed by atoms with Gasteiger partial charge in [0, 0.05) is 51.4 Å². The van der Waals surface area contributed by atoms with Crippen molar-refractivity contribution < 1.29 is 287 Å². The second-order valence-electron chi connectivity index (χ2n) is 40.1. The second-order valence-corrected chi connectivity index (χ2v) is 40.1. The first-order chi connectivity index (χ1) is 70.4.